The Morgan fingerprint density at radius 1 is 1.18 bits per heavy atom. The first-order chi connectivity index (χ1) is 15.8. The van der Waals surface area contributed by atoms with Crippen LogP contribution in [-0.4, -0.2) is 58.2 Å². The van der Waals surface area contributed by atoms with Crippen LogP contribution in [0, 0.1) is 0 Å². The second-order valence-electron chi connectivity index (χ2n) is 7.91. The van der Waals surface area contributed by atoms with E-state index in [0.29, 0.717) is 29.9 Å². The highest BCUT2D eigenvalue weighted by Crippen LogP contribution is 2.30. The number of anilines is 1. The first-order valence-electron chi connectivity index (χ1n) is 10.7. The molecule has 1 aromatic carbocycles. The molecule has 33 heavy (non-hydrogen) atoms. The molecule has 0 atom stereocenters. The van der Waals surface area contributed by atoms with Crippen LogP contribution >= 0.6 is 0 Å². The number of aryl methyl sites for hydroxylation is 1. The van der Waals surface area contributed by atoms with Crippen LogP contribution in [0.1, 0.15) is 25.7 Å². The van der Waals surface area contributed by atoms with Crippen LogP contribution in [0.15, 0.2) is 40.4 Å². The molecule has 0 radical (unpaired) electrons. The SMILES string of the molecule is COc1ccc(S(=O)(=O)N2CCCCCC2)cc1NC(=O)Cn1cnc2c(cnn2C)c1=O. The van der Waals surface area contributed by atoms with E-state index < -0.39 is 21.5 Å². The van der Waals surface area contributed by atoms with Gasteiger partial charge in [0, 0.05) is 20.1 Å². The zero-order valence-corrected chi connectivity index (χ0v) is 19.3. The molecule has 0 spiro atoms. The minimum absolute atomic E-state index is 0.0797. The number of fused-ring (bicyclic) bond motifs is 1. The van der Waals surface area contributed by atoms with Crippen LogP contribution in [0.3, 0.4) is 0 Å². The van der Waals surface area contributed by atoms with Gasteiger partial charge in [0.1, 0.15) is 24.0 Å². The smallest absolute Gasteiger partial charge is 0.264 e. The monoisotopic (exact) mass is 474 g/mol. The van der Waals surface area contributed by atoms with Crippen molar-refractivity contribution in [3.8, 4) is 5.75 Å². The highest BCUT2D eigenvalue weighted by atomic mass is 32.2. The predicted molar refractivity (Wildman–Crippen MR) is 122 cm³/mol. The summed E-state index contributed by atoms with van der Waals surface area (Å²) >= 11 is 0. The molecule has 2 aromatic heterocycles. The van der Waals surface area contributed by atoms with Gasteiger partial charge in [0.05, 0.1) is 23.9 Å². The number of methoxy groups -OCH3 is 1. The lowest BCUT2D eigenvalue weighted by Crippen LogP contribution is -2.32. The number of sulfonamides is 1. The molecule has 0 unspecified atom stereocenters. The Morgan fingerprint density at radius 2 is 1.91 bits per heavy atom. The third-order valence-corrected chi connectivity index (χ3v) is 7.57. The number of hydrogen-bond donors (Lipinski definition) is 1. The lowest BCUT2D eigenvalue weighted by atomic mass is 10.2. The van der Waals surface area contributed by atoms with Crippen molar-refractivity contribution in [2.45, 2.75) is 37.1 Å². The molecule has 0 saturated carbocycles. The van der Waals surface area contributed by atoms with Gasteiger partial charge in [-0.1, -0.05) is 12.8 Å². The topological polar surface area (TPSA) is 128 Å². The molecule has 12 heteroatoms. The molecule has 1 aliphatic heterocycles. The maximum absolute atomic E-state index is 13.2. The van der Waals surface area contributed by atoms with Crippen LogP contribution in [0.5, 0.6) is 5.75 Å². The molecule has 0 bridgehead atoms. The number of carbonyl (C=O) groups excluding carboxylic acids is 1. The summed E-state index contributed by atoms with van der Waals surface area (Å²) in [4.78, 5) is 29.6. The van der Waals surface area contributed by atoms with Crippen molar-refractivity contribution >= 4 is 32.7 Å². The van der Waals surface area contributed by atoms with Gasteiger partial charge in [-0.3, -0.25) is 18.8 Å². The molecule has 11 nitrogen and oxygen atoms in total. The first-order valence-corrected chi connectivity index (χ1v) is 12.1. The first kappa shape index (κ1) is 22.9. The number of hydrogen-bond acceptors (Lipinski definition) is 7. The van der Waals surface area contributed by atoms with Gasteiger partial charge in [-0.05, 0) is 31.0 Å². The number of rotatable bonds is 6. The highest BCUT2D eigenvalue weighted by Gasteiger charge is 2.26. The summed E-state index contributed by atoms with van der Waals surface area (Å²) in [5.41, 5.74) is 0.235. The Bertz CT molecular complexity index is 1340. The molecule has 4 rings (SSSR count). The average Bonchev–Trinajstić information content (AvgIpc) is 2.99. The van der Waals surface area contributed by atoms with Crippen molar-refractivity contribution in [3.05, 3.63) is 41.1 Å². The molecule has 1 amide bonds. The van der Waals surface area contributed by atoms with Crippen molar-refractivity contribution < 1.29 is 17.9 Å². The zero-order chi connectivity index (χ0) is 23.6. The number of amides is 1. The van der Waals surface area contributed by atoms with E-state index in [0.717, 1.165) is 25.7 Å². The summed E-state index contributed by atoms with van der Waals surface area (Å²) in [6.07, 6.45) is 6.35. The third-order valence-electron chi connectivity index (χ3n) is 5.68. The van der Waals surface area contributed by atoms with Gasteiger partial charge < -0.3 is 10.1 Å². The predicted octanol–water partition coefficient (Wildman–Crippen LogP) is 1.34. The Labute approximate surface area is 191 Å². The summed E-state index contributed by atoms with van der Waals surface area (Å²) < 4.78 is 35.7. The number of ether oxygens (including phenoxy) is 1. The molecule has 1 saturated heterocycles. The summed E-state index contributed by atoms with van der Waals surface area (Å²) in [5.74, 6) is -0.212. The summed E-state index contributed by atoms with van der Waals surface area (Å²) in [7, 11) is -0.604. The van der Waals surface area contributed by atoms with E-state index in [1.165, 1.54) is 51.4 Å². The van der Waals surface area contributed by atoms with Gasteiger partial charge in [-0.2, -0.15) is 9.40 Å². The largest absolute Gasteiger partial charge is 0.495 e. The zero-order valence-electron chi connectivity index (χ0n) is 18.5. The second kappa shape index (κ2) is 9.32. The molecule has 3 aromatic rings. The number of benzene rings is 1. The van der Waals surface area contributed by atoms with E-state index in [1.807, 2.05) is 0 Å². The molecular formula is C21H26N6O5S. The van der Waals surface area contributed by atoms with Crippen molar-refractivity contribution in [2.24, 2.45) is 7.05 Å². The van der Waals surface area contributed by atoms with Crippen molar-refractivity contribution in [2.75, 3.05) is 25.5 Å². The van der Waals surface area contributed by atoms with Gasteiger partial charge in [-0.25, -0.2) is 13.4 Å². The minimum atomic E-state index is -3.70. The van der Waals surface area contributed by atoms with E-state index in [2.05, 4.69) is 15.4 Å². The van der Waals surface area contributed by atoms with Crippen LogP contribution in [0.4, 0.5) is 5.69 Å². The second-order valence-corrected chi connectivity index (χ2v) is 9.85. The van der Waals surface area contributed by atoms with Gasteiger partial charge >= 0.3 is 0 Å². The highest BCUT2D eigenvalue weighted by molar-refractivity contribution is 7.89. The van der Waals surface area contributed by atoms with E-state index >= 15 is 0 Å². The molecule has 3 heterocycles. The van der Waals surface area contributed by atoms with Crippen LogP contribution in [0.2, 0.25) is 0 Å². The van der Waals surface area contributed by atoms with E-state index in [4.69, 9.17) is 4.74 Å². The Hall–Kier alpha value is -3.25. The van der Waals surface area contributed by atoms with Crippen LogP contribution < -0.4 is 15.6 Å². The van der Waals surface area contributed by atoms with Gasteiger partial charge in [0.2, 0.25) is 15.9 Å². The maximum atomic E-state index is 13.2. The van der Waals surface area contributed by atoms with Gasteiger partial charge in [0.25, 0.3) is 5.56 Å². The van der Waals surface area contributed by atoms with Crippen molar-refractivity contribution in [3.63, 3.8) is 0 Å². The van der Waals surface area contributed by atoms with Crippen molar-refractivity contribution in [1.82, 2.24) is 23.6 Å². The van der Waals surface area contributed by atoms with Gasteiger partial charge in [-0.15, -0.1) is 0 Å². The van der Waals surface area contributed by atoms with Crippen molar-refractivity contribution in [1.29, 1.82) is 0 Å². The van der Waals surface area contributed by atoms with E-state index in [-0.39, 0.29) is 17.1 Å². The molecule has 1 fully saturated rings. The average molecular weight is 475 g/mol. The molecule has 1 aliphatic rings. The number of nitrogens with one attached hydrogen (secondary N) is 1. The van der Waals surface area contributed by atoms with E-state index in [1.54, 1.807) is 7.05 Å². The maximum Gasteiger partial charge on any atom is 0.264 e. The fourth-order valence-corrected chi connectivity index (χ4v) is 5.44. The quantitative estimate of drug-likeness (QED) is 0.571. The molecule has 176 valence electrons. The van der Waals surface area contributed by atoms with Crippen LogP contribution in [-0.2, 0) is 28.4 Å². The standard InChI is InChI=1S/C21H26N6O5S/c1-25-20-16(12-23-25)21(29)26(14-22-20)13-19(28)24-17-11-15(7-8-18(17)32-2)33(30,31)27-9-5-3-4-6-10-27/h7-8,11-12,14H,3-6,9-10,13H2,1-2H3,(H,24,28). The lowest BCUT2D eigenvalue weighted by molar-refractivity contribution is -0.116. The number of aromatic nitrogens is 4. The Balaban J connectivity index is 1.58. The fourth-order valence-electron chi connectivity index (χ4n) is 3.90. The fraction of sp³-hybridized carbons (Fsp3) is 0.429. The minimum Gasteiger partial charge on any atom is -0.495 e. The van der Waals surface area contributed by atoms with Crippen LogP contribution in [0.25, 0.3) is 11.0 Å². The van der Waals surface area contributed by atoms with Gasteiger partial charge in [0.15, 0.2) is 5.65 Å². The third kappa shape index (κ3) is 4.62. The number of nitrogens with zero attached hydrogens (tertiary/aromatic N) is 5. The summed E-state index contributed by atoms with van der Waals surface area (Å²) in [6, 6.07) is 4.37. The summed E-state index contributed by atoms with van der Waals surface area (Å²) in [5, 5.41) is 6.97. The molecule has 1 N–H and O–H groups in total. The molecule has 0 aliphatic carbocycles. The Kier molecular flexibility index (Phi) is 6.47. The molecular weight excluding hydrogens is 448 g/mol. The summed E-state index contributed by atoms with van der Waals surface area (Å²) in [6.45, 7) is 0.647. The van der Waals surface area contributed by atoms with E-state index in [9.17, 15) is 18.0 Å². The normalized spacial score (nSPS) is 15.3. The Morgan fingerprint density at radius 3 is 2.61 bits per heavy atom. The lowest BCUT2D eigenvalue weighted by Gasteiger charge is -2.21. The number of carbonyl (C=O) groups is 1.